The quantitative estimate of drug-likeness (QED) is 0.699. The van der Waals surface area contributed by atoms with Gasteiger partial charge in [-0.25, -0.2) is 0 Å². The van der Waals surface area contributed by atoms with E-state index in [9.17, 15) is 0 Å². The van der Waals surface area contributed by atoms with Crippen LogP contribution in [0.3, 0.4) is 0 Å². The number of anilines is 2. The molecule has 1 aliphatic rings. The summed E-state index contributed by atoms with van der Waals surface area (Å²) < 4.78 is 0. The predicted octanol–water partition coefficient (Wildman–Crippen LogP) is 2.20. The number of likely N-dealkylation sites (N-methyl/N-ethyl adjacent to an activating group) is 1. The van der Waals surface area contributed by atoms with Crippen molar-refractivity contribution in [3.8, 4) is 6.07 Å². The molecule has 3 nitrogen and oxygen atoms in total. The average Bonchev–Trinajstić information content (AvgIpc) is 2.24. The molecule has 0 radical (unpaired) electrons. The van der Waals surface area contributed by atoms with Crippen LogP contribution in [0.4, 0.5) is 11.4 Å². The maximum Gasteiger partial charge on any atom is 0.0992 e. The first-order chi connectivity index (χ1) is 7.04. The third kappa shape index (κ3) is 1.52. The lowest BCUT2D eigenvalue weighted by atomic mass is 9.98. The molecule has 1 N–H and O–H groups in total. The highest BCUT2D eigenvalue weighted by Crippen LogP contribution is 2.35. The lowest BCUT2D eigenvalue weighted by Crippen LogP contribution is -2.50. The third-order valence-electron chi connectivity index (χ3n) is 3.11. The second-order valence-corrected chi connectivity index (χ2v) is 4.57. The van der Waals surface area contributed by atoms with E-state index in [0.29, 0.717) is 5.56 Å². The Kier molecular flexibility index (Phi) is 2.08. The largest absolute Gasteiger partial charge is 0.381 e. The molecule has 1 aromatic carbocycles. The highest BCUT2D eigenvalue weighted by molar-refractivity contribution is 5.75. The fraction of sp³-hybridized carbons (Fsp3) is 0.417. The van der Waals surface area contributed by atoms with E-state index in [4.69, 9.17) is 5.26 Å². The smallest absolute Gasteiger partial charge is 0.0992 e. The van der Waals surface area contributed by atoms with E-state index >= 15 is 0 Å². The van der Waals surface area contributed by atoms with Gasteiger partial charge < -0.3 is 10.2 Å². The summed E-state index contributed by atoms with van der Waals surface area (Å²) in [6.07, 6.45) is 0. The van der Waals surface area contributed by atoms with Crippen LogP contribution in [-0.4, -0.2) is 19.1 Å². The zero-order chi connectivity index (χ0) is 11.1. The van der Waals surface area contributed by atoms with Crippen molar-refractivity contribution >= 4 is 11.4 Å². The fourth-order valence-electron chi connectivity index (χ4n) is 1.78. The normalized spacial score (nSPS) is 17.6. The molecule has 78 valence electrons. The Morgan fingerprint density at radius 1 is 1.47 bits per heavy atom. The van der Waals surface area contributed by atoms with Gasteiger partial charge in [0.15, 0.2) is 0 Å². The maximum atomic E-state index is 8.87. The first kappa shape index (κ1) is 9.85. The van der Waals surface area contributed by atoms with Crippen LogP contribution < -0.4 is 10.2 Å². The van der Waals surface area contributed by atoms with Gasteiger partial charge in [-0.15, -0.1) is 0 Å². The van der Waals surface area contributed by atoms with Gasteiger partial charge in [-0.05, 0) is 32.0 Å². The van der Waals surface area contributed by atoms with E-state index in [0.717, 1.165) is 17.9 Å². The summed E-state index contributed by atoms with van der Waals surface area (Å²) in [6, 6.07) is 7.92. The summed E-state index contributed by atoms with van der Waals surface area (Å²) in [4.78, 5) is 2.22. The van der Waals surface area contributed by atoms with Crippen molar-refractivity contribution < 1.29 is 0 Å². The van der Waals surface area contributed by atoms with Crippen molar-refractivity contribution in [2.75, 3.05) is 23.8 Å². The van der Waals surface area contributed by atoms with Crippen molar-refractivity contribution in [3.63, 3.8) is 0 Å². The Labute approximate surface area is 90.3 Å². The Morgan fingerprint density at radius 3 is 2.87 bits per heavy atom. The zero-order valence-corrected chi connectivity index (χ0v) is 9.33. The second kappa shape index (κ2) is 3.16. The van der Waals surface area contributed by atoms with Gasteiger partial charge in [-0.3, -0.25) is 0 Å². The molecular formula is C12H15N3. The molecule has 1 aliphatic heterocycles. The minimum Gasteiger partial charge on any atom is -0.381 e. The molecule has 1 heterocycles. The molecule has 0 spiro atoms. The van der Waals surface area contributed by atoms with Crippen LogP contribution in [0.1, 0.15) is 19.4 Å². The maximum absolute atomic E-state index is 8.87. The molecular weight excluding hydrogens is 186 g/mol. The fourth-order valence-corrected chi connectivity index (χ4v) is 1.78. The van der Waals surface area contributed by atoms with Crippen LogP contribution in [0.15, 0.2) is 18.2 Å². The van der Waals surface area contributed by atoms with Crippen molar-refractivity contribution in [1.82, 2.24) is 0 Å². The van der Waals surface area contributed by atoms with Crippen molar-refractivity contribution in [1.29, 1.82) is 5.26 Å². The molecule has 0 saturated carbocycles. The number of nitriles is 1. The van der Waals surface area contributed by atoms with Gasteiger partial charge in [-0.1, -0.05) is 0 Å². The Hall–Kier alpha value is -1.69. The second-order valence-electron chi connectivity index (χ2n) is 4.57. The van der Waals surface area contributed by atoms with E-state index in [1.807, 2.05) is 18.2 Å². The molecule has 0 unspecified atom stereocenters. The van der Waals surface area contributed by atoms with Crippen LogP contribution in [0.5, 0.6) is 0 Å². The number of rotatable bonds is 0. The standard InChI is InChI=1S/C12H15N3/c1-12(2)8-14-10-5-4-9(7-13)6-11(10)15(12)3/h4-6,14H,8H2,1-3H3. The molecule has 0 bridgehead atoms. The Bertz CT molecular complexity index is 429. The molecule has 2 rings (SSSR count). The topological polar surface area (TPSA) is 39.1 Å². The molecule has 15 heavy (non-hydrogen) atoms. The SMILES string of the molecule is CN1c2cc(C#N)ccc2NCC1(C)C. The lowest BCUT2D eigenvalue weighted by Gasteiger charge is -2.43. The predicted molar refractivity (Wildman–Crippen MR) is 62.1 cm³/mol. The first-order valence-electron chi connectivity index (χ1n) is 5.06. The third-order valence-corrected chi connectivity index (χ3v) is 3.11. The van der Waals surface area contributed by atoms with Gasteiger partial charge in [0.2, 0.25) is 0 Å². The number of hydrogen-bond acceptors (Lipinski definition) is 3. The van der Waals surface area contributed by atoms with E-state index in [-0.39, 0.29) is 5.54 Å². The number of fused-ring (bicyclic) bond motifs is 1. The molecule has 0 amide bonds. The minimum absolute atomic E-state index is 0.0844. The highest BCUT2D eigenvalue weighted by atomic mass is 15.2. The summed E-state index contributed by atoms with van der Waals surface area (Å²) in [5, 5.41) is 12.3. The zero-order valence-electron chi connectivity index (χ0n) is 9.33. The first-order valence-corrected chi connectivity index (χ1v) is 5.06. The van der Waals surface area contributed by atoms with Gasteiger partial charge in [0, 0.05) is 13.6 Å². The minimum atomic E-state index is 0.0844. The van der Waals surface area contributed by atoms with E-state index in [1.54, 1.807) is 0 Å². The number of benzene rings is 1. The van der Waals surface area contributed by atoms with Crippen LogP contribution in [0, 0.1) is 11.3 Å². The van der Waals surface area contributed by atoms with Crippen LogP contribution in [0.2, 0.25) is 0 Å². The van der Waals surface area contributed by atoms with E-state index < -0.39 is 0 Å². The van der Waals surface area contributed by atoms with Crippen LogP contribution >= 0.6 is 0 Å². The number of nitrogens with one attached hydrogen (secondary N) is 1. The molecule has 0 fully saturated rings. The number of nitrogens with zero attached hydrogens (tertiary/aromatic N) is 2. The van der Waals surface area contributed by atoms with Gasteiger partial charge in [0.1, 0.15) is 0 Å². The van der Waals surface area contributed by atoms with Crippen molar-refractivity contribution in [2.45, 2.75) is 19.4 Å². The summed E-state index contributed by atoms with van der Waals surface area (Å²) in [6.45, 7) is 5.28. The Balaban J connectivity index is 2.50. The van der Waals surface area contributed by atoms with Crippen LogP contribution in [-0.2, 0) is 0 Å². The number of hydrogen-bond donors (Lipinski definition) is 1. The van der Waals surface area contributed by atoms with Gasteiger partial charge in [0.25, 0.3) is 0 Å². The van der Waals surface area contributed by atoms with Crippen molar-refractivity contribution in [3.05, 3.63) is 23.8 Å². The Morgan fingerprint density at radius 2 is 2.20 bits per heavy atom. The average molecular weight is 201 g/mol. The monoisotopic (exact) mass is 201 g/mol. The van der Waals surface area contributed by atoms with E-state index in [2.05, 4.69) is 37.2 Å². The molecule has 1 aromatic rings. The summed E-state index contributed by atoms with van der Waals surface area (Å²) in [5.41, 5.74) is 3.00. The van der Waals surface area contributed by atoms with Gasteiger partial charge in [0.05, 0.1) is 28.5 Å². The highest BCUT2D eigenvalue weighted by Gasteiger charge is 2.29. The molecule has 0 atom stereocenters. The van der Waals surface area contributed by atoms with E-state index in [1.165, 1.54) is 0 Å². The van der Waals surface area contributed by atoms with Gasteiger partial charge in [-0.2, -0.15) is 5.26 Å². The molecule has 3 heteroatoms. The summed E-state index contributed by atoms with van der Waals surface area (Å²) >= 11 is 0. The van der Waals surface area contributed by atoms with Crippen LogP contribution in [0.25, 0.3) is 0 Å². The summed E-state index contributed by atoms with van der Waals surface area (Å²) in [5.74, 6) is 0. The summed E-state index contributed by atoms with van der Waals surface area (Å²) in [7, 11) is 2.07. The molecule has 0 aliphatic carbocycles. The molecule has 0 aromatic heterocycles. The van der Waals surface area contributed by atoms with Crippen molar-refractivity contribution in [2.24, 2.45) is 0 Å². The lowest BCUT2D eigenvalue weighted by molar-refractivity contribution is 0.502. The van der Waals surface area contributed by atoms with Gasteiger partial charge >= 0.3 is 0 Å². The molecule has 0 saturated heterocycles.